The Kier molecular flexibility index (Phi) is 5.70. The molecule has 9 heteroatoms. The normalized spacial score (nSPS) is 10.7. The van der Waals surface area contributed by atoms with Crippen LogP contribution in [0.1, 0.15) is 10.4 Å². The number of halogens is 6. The summed E-state index contributed by atoms with van der Waals surface area (Å²) >= 11 is 36.2. The van der Waals surface area contributed by atoms with E-state index in [1.165, 1.54) is 19.4 Å². The molecule has 0 aliphatic heterocycles. The molecule has 0 aliphatic carbocycles. The largest absolute Gasteiger partial charge is 0.465 e. The number of pyridine rings is 1. The lowest BCUT2D eigenvalue weighted by Crippen LogP contribution is -2.03. The molecule has 0 aliphatic rings. The molecule has 2 aromatic rings. The molecule has 1 heterocycles. The number of rotatable bonds is 2. The molecular weight excluding hydrogens is 415 g/mol. The van der Waals surface area contributed by atoms with Crippen LogP contribution in [0.4, 0.5) is 0 Å². The first kappa shape index (κ1) is 17.9. The molecule has 0 atom stereocenters. The highest BCUT2D eigenvalue weighted by molar-refractivity contribution is 6.56. The van der Waals surface area contributed by atoms with E-state index in [2.05, 4.69) is 9.72 Å². The van der Waals surface area contributed by atoms with Crippen LogP contribution in [-0.2, 0) is 4.74 Å². The van der Waals surface area contributed by atoms with Gasteiger partial charge in [0, 0.05) is 17.3 Å². The van der Waals surface area contributed by atoms with E-state index in [0.29, 0.717) is 5.56 Å². The number of benzene rings is 1. The zero-order valence-corrected chi connectivity index (χ0v) is 15.2. The molecule has 0 fully saturated rings. The van der Waals surface area contributed by atoms with Gasteiger partial charge in [0.05, 0.1) is 37.8 Å². The van der Waals surface area contributed by atoms with Gasteiger partial charge in [-0.25, -0.2) is 9.78 Å². The molecule has 0 bridgehead atoms. The van der Waals surface area contributed by atoms with E-state index in [4.69, 9.17) is 69.6 Å². The van der Waals surface area contributed by atoms with Gasteiger partial charge in [0.1, 0.15) is 5.15 Å². The summed E-state index contributed by atoms with van der Waals surface area (Å²) in [7, 11) is 1.22. The Bertz CT molecular complexity index is 749. The van der Waals surface area contributed by atoms with Gasteiger partial charge in [-0.2, -0.15) is 0 Å². The zero-order valence-electron chi connectivity index (χ0n) is 10.7. The van der Waals surface area contributed by atoms with E-state index >= 15 is 0 Å². The third-order valence-corrected chi connectivity index (χ3v) is 5.32. The molecule has 0 saturated heterocycles. The maximum Gasteiger partial charge on any atom is 0.341 e. The minimum absolute atomic E-state index is 0.0194. The lowest BCUT2D eigenvalue weighted by atomic mass is 10.1. The summed E-state index contributed by atoms with van der Waals surface area (Å²) in [5.74, 6) is -0.655. The van der Waals surface area contributed by atoms with Gasteiger partial charge < -0.3 is 4.74 Å². The van der Waals surface area contributed by atoms with E-state index in [-0.39, 0.29) is 41.4 Å². The van der Waals surface area contributed by atoms with Crippen LogP contribution in [0.25, 0.3) is 11.1 Å². The van der Waals surface area contributed by atoms with Gasteiger partial charge in [-0.05, 0) is 6.07 Å². The SMILES string of the molecule is COC(=O)c1cc(-c2c(Cl)c(Cl)c(Cl)c(Cl)c2Cl)cnc1Cl. The number of aromatic nitrogens is 1. The molecule has 0 N–H and O–H groups in total. The Morgan fingerprint density at radius 1 is 0.955 bits per heavy atom. The first-order chi connectivity index (χ1) is 10.3. The van der Waals surface area contributed by atoms with Gasteiger partial charge >= 0.3 is 5.97 Å². The highest BCUT2D eigenvalue weighted by Crippen LogP contribution is 2.48. The van der Waals surface area contributed by atoms with E-state index in [1.807, 2.05) is 0 Å². The van der Waals surface area contributed by atoms with Crippen molar-refractivity contribution >= 4 is 75.6 Å². The molecule has 0 amide bonds. The van der Waals surface area contributed by atoms with Crippen LogP contribution < -0.4 is 0 Å². The second-order valence-corrected chi connectivity index (χ2v) is 6.25. The Morgan fingerprint density at radius 2 is 1.45 bits per heavy atom. The number of ether oxygens (including phenoxy) is 1. The molecule has 22 heavy (non-hydrogen) atoms. The molecule has 0 saturated carbocycles. The molecule has 116 valence electrons. The smallest absolute Gasteiger partial charge is 0.341 e. The highest BCUT2D eigenvalue weighted by atomic mass is 35.5. The highest BCUT2D eigenvalue weighted by Gasteiger charge is 2.22. The average Bonchev–Trinajstić information content (AvgIpc) is 2.52. The zero-order chi connectivity index (χ0) is 16.6. The van der Waals surface area contributed by atoms with Crippen LogP contribution in [-0.4, -0.2) is 18.1 Å². The number of hydrogen-bond acceptors (Lipinski definition) is 3. The van der Waals surface area contributed by atoms with Crippen LogP contribution in [0.2, 0.25) is 30.3 Å². The maximum absolute atomic E-state index is 11.7. The van der Waals surface area contributed by atoms with Crippen LogP contribution in [0.5, 0.6) is 0 Å². The third kappa shape index (κ3) is 3.12. The molecular formula is C13H5Cl6NO2. The van der Waals surface area contributed by atoms with E-state index in [0.717, 1.165) is 0 Å². The second-order valence-electron chi connectivity index (χ2n) is 4.00. The summed E-state index contributed by atoms with van der Waals surface area (Å²) < 4.78 is 4.63. The van der Waals surface area contributed by atoms with Crippen molar-refractivity contribution in [2.45, 2.75) is 0 Å². The molecule has 0 unspecified atom stereocenters. The minimum atomic E-state index is -0.655. The predicted molar refractivity (Wildman–Crippen MR) is 91.1 cm³/mol. The topological polar surface area (TPSA) is 39.2 Å². The lowest BCUT2D eigenvalue weighted by molar-refractivity contribution is 0.0600. The number of nitrogens with zero attached hydrogens (tertiary/aromatic N) is 1. The Labute approximate surface area is 156 Å². The molecule has 3 nitrogen and oxygen atoms in total. The fraction of sp³-hybridized carbons (Fsp3) is 0.0769. The Hall–Kier alpha value is -0.420. The van der Waals surface area contributed by atoms with Gasteiger partial charge in [0.25, 0.3) is 0 Å². The predicted octanol–water partition coefficient (Wildman–Crippen LogP) is 6.46. The summed E-state index contributed by atoms with van der Waals surface area (Å²) in [5, 5.41) is 0.276. The molecule has 1 aromatic carbocycles. The maximum atomic E-state index is 11.7. The van der Waals surface area contributed by atoms with Crippen LogP contribution >= 0.6 is 69.6 Å². The van der Waals surface area contributed by atoms with Crippen molar-refractivity contribution in [3.8, 4) is 11.1 Å². The summed E-state index contributed by atoms with van der Waals surface area (Å²) in [6.07, 6.45) is 1.38. The van der Waals surface area contributed by atoms with Crippen molar-refractivity contribution < 1.29 is 9.53 Å². The molecule has 0 radical (unpaired) electrons. The van der Waals surface area contributed by atoms with Crippen molar-refractivity contribution in [3.05, 3.63) is 48.1 Å². The number of carbonyl (C=O) groups is 1. The minimum Gasteiger partial charge on any atom is -0.465 e. The Morgan fingerprint density at radius 3 is 1.95 bits per heavy atom. The second kappa shape index (κ2) is 7.00. The quantitative estimate of drug-likeness (QED) is 0.243. The molecule has 1 aromatic heterocycles. The van der Waals surface area contributed by atoms with E-state index < -0.39 is 5.97 Å². The standard InChI is InChI=1S/C13H5Cl6NO2/c1-22-13(21)5-2-4(3-20-12(5)19)6-7(14)9(16)11(18)10(17)8(6)15/h2-3H,1H3. The first-order valence-electron chi connectivity index (χ1n) is 5.55. The van der Waals surface area contributed by atoms with Gasteiger partial charge in [-0.15, -0.1) is 0 Å². The summed E-state index contributed by atoms with van der Waals surface area (Å²) in [5.41, 5.74) is 0.730. The van der Waals surface area contributed by atoms with E-state index in [1.54, 1.807) is 0 Å². The van der Waals surface area contributed by atoms with Crippen molar-refractivity contribution in [3.63, 3.8) is 0 Å². The number of carbonyl (C=O) groups excluding carboxylic acids is 1. The van der Waals surface area contributed by atoms with Gasteiger partial charge in [-0.1, -0.05) is 69.6 Å². The van der Waals surface area contributed by atoms with Crippen LogP contribution in [0.15, 0.2) is 12.3 Å². The number of methoxy groups -OCH3 is 1. The number of hydrogen-bond donors (Lipinski definition) is 0. The fourth-order valence-electron chi connectivity index (χ4n) is 1.70. The average molecular weight is 420 g/mol. The van der Waals surface area contributed by atoms with E-state index in [9.17, 15) is 4.79 Å². The van der Waals surface area contributed by atoms with Crippen molar-refractivity contribution in [1.29, 1.82) is 0 Å². The summed E-state index contributed by atoms with van der Waals surface area (Å²) in [6.45, 7) is 0. The Balaban J connectivity index is 2.76. The number of esters is 1. The van der Waals surface area contributed by atoms with Crippen LogP contribution in [0, 0.1) is 0 Å². The third-order valence-electron chi connectivity index (χ3n) is 2.74. The van der Waals surface area contributed by atoms with Crippen LogP contribution in [0.3, 0.4) is 0 Å². The monoisotopic (exact) mass is 417 g/mol. The van der Waals surface area contributed by atoms with Gasteiger partial charge in [0.2, 0.25) is 0 Å². The lowest BCUT2D eigenvalue weighted by Gasteiger charge is -2.13. The summed E-state index contributed by atoms with van der Waals surface area (Å²) in [4.78, 5) is 15.6. The molecule has 0 spiro atoms. The van der Waals surface area contributed by atoms with Gasteiger partial charge in [-0.3, -0.25) is 0 Å². The fourth-order valence-corrected chi connectivity index (χ4v) is 3.23. The van der Waals surface area contributed by atoms with Crippen molar-refractivity contribution in [2.24, 2.45) is 0 Å². The van der Waals surface area contributed by atoms with Crippen molar-refractivity contribution in [2.75, 3.05) is 7.11 Å². The van der Waals surface area contributed by atoms with Crippen molar-refractivity contribution in [1.82, 2.24) is 4.98 Å². The van der Waals surface area contributed by atoms with Gasteiger partial charge in [0.15, 0.2) is 0 Å². The summed E-state index contributed by atoms with van der Waals surface area (Å²) in [6, 6.07) is 1.43. The molecule has 2 rings (SSSR count). The first-order valence-corrected chi connectivity index (χ1v) is 7.82.